The molecule has 0 aliphatic carbocycles. The van der Waals surface area contributed by atoms with Gasteiger partial charge < -0.3 is 5.32 Å². The summed E-state index contributed by atoms with van der Waals surface area (Å²) in [6.07, 6.45) is 1.55. The van der Waals surface area contributed by atoms with Crippen molar-refractivity contribution in [1.29, 1.82) is 0 Å². The van der Waals surface area contributed by atoms with Crippen molar-refractivity contribution in [3.05, 3.63) is 23.4 Å². The first-order chi connectivity index (χ1) is 7.29. The van der Waals surface area contributed by atoms with Crippen molar-refractivity contribution in [2.75, 3.05) is 5.32 Å². The largest absolute Gasteiger partial charge is 0.306 e. The van der Waals surface area contributed by atoms with Gasteiger partial charge in [0.05, 0.1) is 0 Å². The Morgan fingerprint density at radius 3 is 2.50 bits per heavy atom. The third-order valence-corrected chi connectivity index (χ3v) is 2.06. The van der Waals surface area contributed by atoms with Crippen LogP contribution in [-0.2, 0) is 10.2 Å². The number of nitrogens with zero attached hydrogens (tertiary/aromatic N) is 1. The van der Waals surface area contributed by atoms with E-state index in [9.17, 15) is 4.79 Å². The van der Waals surface area contributed by atoms with Crippen LogP contribution in [0.4, 0.5) is 5.82 Å². The molecule has 0 fully saturated rings. The van der Waals surface area contributed by atoms with Crippen LogP contribution in [0.2, 0.25) is 0 Å². The molecule has 4 nitrogen and oxygen atoms in total. The second-order valence-electron chi connectivity index (χ2n) is 5.13. The lowest BCUT2D eigenvalue weighted by Gasteiger charge is -2.14. The quantitative estimate of drug-likeness (QED) is 0.754. The number of aromatic nitrogens is 2. The maximum Gasteiger partial charge on any atom is 0.249 e. The Balaban J connectivity index is 2.74. The molecule has 4 heteroatoms. The minimum absolute atomic E-state index is 0.00644. The summed E-state index contributed by atoms with van der Waals surface area (Å²) in [4.78, 5) is 11.4. The van der Waals surface area contributed by atoms with Crippen LogP contribution in [0.15, 0.2) is 17.7 Å². The predicted octanol–water partition coefficient (Wildman–Crippen LogP) is 2.61. The van der Waals surface area contributed by atoms with Crippen molar-refractivity contribution < 1.29 is 4.79 Å². The molecule has 0 bridgehead atoms. The smallest absolute Gasteiger partial charge is 0.249 e. The number of aromatic amines is 1. The van der Waals surface area contributed by atoms with Gasteiger partial charge in [0.1, 0.15) is 0 Å². The second-order valence-corrected chi connectivity index (χ2v) is 5.13. The summed E-state index contributed by atoms with van der Waals surface area (Å²) in [7, 11) is 0. The van der Waals surface area contributed by atoms with Crippen LogP contribution in [0.25, 0.3) is 0 Å². The number of amides is 1. The van der Waals surface area contributed by atoms with Crippen LogP contribution in [0.1, 0.15) is 40.3 Å². The zero-order chi connectivity index (χ0) is 12.3. The number of allylic oxidation sites excluding steroid dienone is 1. The fourth-order valence-corrected chi connectivity index (χ4v) is 1.19. The van der Waals surface area contributed by atoms with E-state index in [0.29, 0.717) is 5.82 Å². The number of carbonyl (C=O) groups excluding carboxylic acids is 1. The summed E-state index contributed by atoms with van der Waals surface area (Å²) in [6, 6.07) is 1.86. The topological polar surface area (TPSA) is 57.8 Å². The molecule has 0 radical (unpaired) electrons. The van der Waals surface area contributed by atoms with E-state index in [1.54, 1.807) is 6.08 Å². The van der Waals surface area contributed by atoms with Gasteiger partial charge in [-0.1, -0.05) is 26.3 Å². The lowest BCUT2D eigenvalue weighted by Crippen LogP contribution is -2.11. The molecule has 88 valence electrons. The minimum Gasteiger partial charge on any atom is -0.306 e. The molecule has 1 heterocycles. The van der Waals surface area contributed by atoms with E-state index in [1.807, 2.05) is 19.9 Å². The number of carbonyl (C=O) groups is 1. The number of nitrogens with one attached hydrogen (secondary N) is 2. The van der Waals surface area contributed by atoms with Crippen molar-refractivity contribution in [2.45, 2.75) is 40.0 Å². The van der Waals surface area contributed by atoms with Gasteiger partial charge in [0.2, 0.25) is 5.91 Å². The van der Waals surface area contributed by atoms with E-state index in [1.165, 1.54) is 0 Å². The lowest BCUT2D eigenvalue weighted by atomic mass is 9.92. The van der Waals surface area contributed by atoms with Gasteiger partial charge in [0, 0.05) is 23.3 Å². The average molecular weight is 221 g/mol. The molecule has 0 aromatic carbocycles. The minimum atomic E-state index is -0.146. The van der Waals surface area contributed by atoms with Gasteiger partial charge in [-0.3, -0.25) is 9.89 Å². The molecule has 1 rings (SSSR count). The van der Waals surface area contributed by atoms with Crippen molar-refractivity contribution >= 4 is 11.7 Å². The first kappa shape index (κ1) is 12.5. The molecular weight excluding hydrogens is 202 g/mol. The third kappa shape index (κ3) is 3.53. The van der Waals surface area contributed by atoms with Gasteiger partial charge in [0.15, 0.2) is 5.82 Å². The molecule has 0 saturated carbocycles. The molecule has 16 heavy (non-hydrogen) atoms. The highest BCUT2D eigenvalue weighted by Crippen LogP contribution is 2.21. The molecule has 0 spiro atoms. The van der Waals surface area contributed by atoms with Crippen LogP contribution in [0.5, 0.6) is 0 Å². The highest BCUT2D eigenvalue weighted by Gasteiger charge is 2.16. The van der Waals surface area contributed by atoms with Crippen molar-refractivity contribution in [1.82, 2.24) is 10.2 Å². The highest BCUT2D eigenvalue weighted by atomic mass is 16.1. The van der Waals surface area contributed by atoms with Crippen molar-refractivity contribution in [3.8, 4) is 0 Å². The van der Waals surface area contributed by atoms with E-state index in [4.69, 9.17) is 0 Å². The van der Waals surface area contributed by atoms with Crippen LogP contribution < -0.4 is 5.32 Å². The molecule has 1 aromatic rings. The van der Waals surface area contributed by atoms with Gasteiger partial charge in [-0.05, 0) is 13.8 Å². The monoisotopic (exact) mass is 221 g/mol. The maximum absolute atomic E-state index is 11.4. The number of H-pyrrole nitrogens is 1. The van der Waals surface area contributed by atoms with E-state index >= 15 is 0 Å². The summed E-state index contributed by atoms with van der Waals surface area (Å²) in [5.41, 5.74) is 1.97. The normalized spacial score (nSPS) is 11.1. The molecule has 1 amide bonds. The Morgan fingerprint density at radius 2 is 2.06 bits per heavy atom. The van der Waals surface area contributed by atoms with Crippen molar-refractivity contribution in [2.24, 2.45) is 0 Å². The summed E-state index contributed by atoms with van der Waals surface area (Å²) in [5, 5.41) is 9.67. The van der Waals surface area contributed by atoms with E-state index in [-0.39, 0.29) is 11.3 Å². The molecular formula is C12H19N3O. The van der Waals surface area contributed by atoms with Crippen LogP contribution in [0.3, 0.4) is 0 Å². The molecule has 0 saturated heterocycles. The standard InChI is InChI=1S/C12H19N3O/c1-8(2)6-11(16)13-10-7-9(14-15-10)12(3,4)5/h6-7H,1-5H3,(H2,13,14,15,16). The Kier molecular flexibility index (Phi) is 3.52. The SMILES string of the molecule is CC(C)=CC(=O)Nc1cc(C(C)(C)C)[nH]n1. The first-order valence-electron chi connectivity index (χ1n) is 5.31. The Labute approximate surface area is 96.1 Å². The predicted molar refractivity (Wildman–Crippen MR) is 65.3 cm³/mol. The Hall–Kier alpha value is -1.58. The summed E-state index contributed by atoms with van der Waals surface area (Å²) in [5.74, 6) is 0.416. The lowest BCUT2D eigenvalue weighted by molar-refractivity contribution is -0.112. The fraction of sp³-hybridized carbons (Fsp3) is 0.500. The maximum atomic E-state index is 11.4. The highest BCUT2D eigenvalue weighted by molar-refractivity contribution is 5.99. The van der Waals surface area contributed by atoms with Gasteiger partial charge in [-0.2, -0.15) is 5.10 Å². The molecule has 0 atom stereocenters. The number of hydrogen-bond donors (Lipinski definition) is 2. The van der Waals surface area contributed by atoms with Crippen molar-refractivity contribution in [3.63, 3.8) is 0 Å². The molecule has 0 aliphatic heterocycles. The Morgan fingerprint density at radius 1 is 1.44 bits per heavy atom. The first-order valence-corrected chi connectivity index (χ1v) is 5.31. The summed E-state index contributed by atoms with van der Waals surface area (Å²) < 4.78 is 0. The molecule has 1 aromatic heterocycles. The zero-order valence-electron chi connectivity index (χ0n) is 10.5. The van der Waals surface area contributed by atoms with Crippen LogP contribution >= 0.6 is 0 Å². The number of anilines is 1. The Bertz CT molecular complexity index is 406. The van der Waals surface area contributed by atoms with E-state index < -0.39 is 0 Å². The molecule has 2 N–H and O–H groups in total. The third-order valence-electron chi connectivity index (χ3n) is 2.06. The van der Waals surface area contributed by atoms with Crippen LogP contribution in [0, 0.1) is 0 Å². The van der Waals surface area contributed by atoms with E-state index in [0.717, 1.165) is 11.3 Å². The van der Waals surface area contributed by atoms with Gasteiger partial charge in [-0.25, -0.2) is 0 Å². The summed E-state index contributed by atoms with van der Waals surface area (Å²) >= 11 is 0. The van der Waals surface area contributed by atoms with Gasteiger partial charge in [-0.15, -0.1) is 0 Å². The number of rotatable bonds is 2. The molecule has 0 aliphatic rings. The van der Waals surface area contributed by atoms with Gasteiger partial charge >= 0.3 is 0 Å². The van der Waals surface area contributed by atoms with E-state index in [2.05, 4.69) is 36.3 Å². The van der Waals surface area contributed by atoms with Gasteiger partial charge in [0.25, 0.3) is 0 Å². The zero-order valence-corrected chi connectivity index (χ0v) is 10.5. The van der Waals surface area contributed by atoms with Crippen LogP contribution in [-0.4, -0.2) is 16.1 Å². The molecule has 0 unspecified atom stereocenters. The number of hydrogen-bond acceptors (Lipinski definition) is 2. The second kappa shape index (κ2) is 4.51. The summed E-state index contributed by atoms with van der Waals surface area (Å²) in [6.45, 7) is 10.0. The fourth-order valence-electron chi connectivity index (χ4n) is 1.19. The average Bonchev–Trinajstić information content (AvgIpc) is 2.49.